The molecule has 1 aliphatic rings. The number of aliphatic imine (C=N–C) groups is 1. The molecule has 154 valence electrons. The summed E-state index contributed by atoms with van der Waals surface area (Å²) in [6, 6.07) is 7.51. The molecular weight excluding hydrogens is 477 g/mol. The third kappa shape index (κ3) is 5.91. The molecule has 0 radical (unpaired) electrons. The van der Waals surface area contributed by atoms with E-state index < -0.39 is 11.6 Å². The standard InChI is InChI=1S/C20H26F2N4O.HI/c1-14-5-8-19(27-14)18(26-9-3-4-10-26)13-25-20(23-2)24-12-15-11-16(21)6-7-17(15)22;/h5-8,11,18H,3-4,9-10,12-13H2,1-2H3,(H2,23,24,25);1H. The van der Waals surface area contributed by atoms with Crippen LogP contribution in [0.2, 0.25) is 0 Å². The molecule has 2 aromatic rings. The average Bonchev–Trinajstić information content (AvgIpc) is 3.33. The molecule has 28 heavy (non-hydrogen) atoms. The molecule has 1 atom stereocenters. The number of nitrogens with one attached hydrogen (secondary N) is 2. The van der Waals surface area contributed by atoms with Gasteiger partial charge in [-0.05, 0) is 63.2 Å². The SMILES string of the molecule is CN=C(NCc1cc(F)ccc1F)NCC(c1ccc(C)o1)N1CCCC1.I. The van der Waals surface area contributed by atoms with Crippen LogP contribution < -0.4 is 10.6 Å². The van der Waals surface area contributed by atoms with E-state index in [0.717, 1.165) is 36.7 Å². The van der Waals surface area contributed by atoms with Gasteiger partial charge >= 0.3 is 0 Å². The maximum Gasteiger partial charge on any atom is 0.191 e. The van der Waals surface area contributed by atoms with Crippen molar-refractivity contribution in [3.05, 3.63) is 59.1 Å². The van der Waals surface area contributed by atoms with Crippen molar-refractivity contribution < 1.29 is 13.2 Å². The molecule has 1 aromatic carbocycles. The second kappa shape index (κ2) is 10.8. The monoisotopic (exact) mass is 504 g/mol. The Labute approximate surface area is 181 Å². The number of hydrogen-bond acceptors (Lipinski definition) is 3. The van der Waals surface area contributed by atoms with Crippen LogP contribution in [0, 0.1) is 18.6 Å². The fraction of sp³-hybridized carbons (Fsp3) is 0.450. The Morgan fingerprint density at radius 2 is 1.93 bits per heavy atom. The molecule has 0 amide bonds. The zero-order valence-corrected chi connectivity index (χ0v) is 18.5. The molecule has 5 nitrogen and oxygen atoms in total. The van der Waals surface area contributed by atoms with Crippen molar-refractivity contribution in [2.45, 2.75) is 32.4 Å². The van der Waals surface area contributed by atoms with E-state index in [9.17, 15) is 8.78 Å². The van der Waals surface area contributed by atoms with E-state index in [-0.39, 0.29) is 42.1 Å². The smallest absolute Gasteiger partial charge is 0.191 e. The Bertz CT molecular complexity index is 790. The first-order chi connectivity index (χ1) is 13.1. The zero-order valence-electron chi connectivity index (χ0n) is 16.2. The van der Waals surface area contributed by atoms with Crippen molar-refractivity contribution in [2.75, 3.05) is 26.7 Å². The van der Waals surface area contributed by atoms with Gasteiger partial charge in [0.15, 0.2) is 5.96 Å². The highest BCUT2D eigenvalue weighted by Crippen LogP contribution is 2.26. The van der Waals surface area contributed by atoms with Gasteiger partial charge in [-0.2, -0.15) is 0 Å². The van der Waals surface area contributed by atoms with Crippen LogP contribution in [-0.2, 0) is 6.54 Å². The molecule has 2 heterocycles. The molecule has 1 aromatic heterocycles. The Morgan fingerprint density at radius 3 is 2.57 bits per heavy atom. The average molecular weight is 504 g/mol. The number of likely N-dealkylation sites (tertiary alicyclic amines) is 1. The van der Waals surface area contributed by atoms with Gasteiger partial charge < -0.3 is 15.1 Å². The lowest BCUT2D eigenvalue weighted by Crippen LogP contribution is -2.42. The summed E-state index contributed by atoms with van der Waals surface area (Å²) in [5.74, 6) is 1.44. The minimum atomic E-state index is -0.460. The van der Waals surface area contributed by atoms with E-state index in [2.05, 4.69) is 20.5 Å². The number of hydrogen-bond donors (Lipinski definition) is 2. The van der Waals surface area contributed by atoms with Crippen LogP contribution in [0.1, 0.15) is 36.0 Å². The van der Waals surface area contributed by atoms with Crippen molar-refractivity contribution >= 4 is 29.9 Å². The number of furan rings is 1. The second-order valence-electron chi connectivity index (χ2n) is 6.75. The molecule has 0 bridgehead atoms. The predicted molar refractivity (Wildman–Crippen MR) is 117 cm³/mol. The Kier molecular flexibility index (Phi) is 8.68. The van der Waals surface area contributed by atoms with Crippen molar-refractivity contribution in [1.82, 2.24) is 15.5 Å². The Balaban J connectivity index is 0.00000280. The quantitative estimate of drug-likeness (QED) is 0.355. The summed E-state index contributed by atoms with van der Waals surface area (Å²) in [7, 11) is 1.65. The summed E-state index contributed by atoms with van der Waals surface area (Å²) < 4.78 is 32.9. The molecule has 1 unspecified atom stereocenters. The van der Waals surface area contributed by atoms with E-state index in [1.54, 1.807) is 7.05 Å². The molecule has 1 aliphatic heterocycles. The van der Waals surface area contributed by atoms with Gasteiger partial charge in [0.05, 0.1) is 6.04 Å². The number of nitrogens with zero attached hydrogens (tertiary/aromatic N) is 2. The van der Waals surface area contributed by atoms with Crippen molar-refractivity contribution in [2.24, 2.45) is 4.99 Å². The summed E-state index contributed by atoms with van der Waals surface area (Å²) >= 11 is 0. The highest BCUT2D eigenvalue weighted by atomic mass is 127. The van der Waals surface area contributed by atoms with Gasteiger partial charge in [0.1, 0.15) is 23.2 Å². The highest BCUT2D eigenvalue weighted by molar-refractivity contribution is 14.0. The van der Waals surface area contributed by atoms with Crippen molar-refractivity contribution in [3.63, 3.8) is 0 Å². The molecule has 1 fully saturated rings. The fourth-order valence-corrected chi connectivity index (χ4v) is 3.37. The van der Waals surface area contributed by atoms with Gasteiger partial charge in [0, 0.05) is 25.7 Å². The summed E-state index contributed by atoms with van der Waals surface area (Å²) in [5.41, 5.74) is 0.260. The first kappa shape index (κ1) is 22.6. The second-order valence-corrected chi connectivity index (χ2v) is 6.75. The molecule has 2 N–H and O–H groups in total. The van der Waals surface area contributed by atoms with Crippen LogP contribution in [0.3, 0.4) is 0 Å². The van der Waals surface area contributed by atoms with Gasteiger partial charge in [-0.15, -0.1) is 24.0 Å². The third-order valence-corrected chi connectivity index (χ3v) is 4.81. The first-order valence-corrected chi connectivity index (χ1v) is 9.25. The van der Waals surface area contributed by atoms with Gasteiger partial charge in [-0.25, -0.2) is 8.78 Å². The van der Waals surface area contributed by atoms with Crippen LogP contribution in [0.5, 0.6) is 0 Å². The molecule has 0 saturated carbocycles. The van der Waals surface area contributed by atoms with E-state index in [0.29, 0.717) is 12.5 Å². The maximum atomic E-state index is 13.8. The largest absolute Gasteiger partial charge is 0.465 e. The molecule has 1 saturated heterocycles. The van der Waals surface area contributed by atoms with E-state index in [1.807, 2.05) is 19.1 Å². The minimum absolute atomic E-state index is 0. The molecule has 0 aliphatic carbocycles. The van der Waals surface area contributed by atoms with Gasteiger partial charge in [0.2, 0.25) is 0 Å². The summed E-state index contributed by atoms with van der Waals surface area (Å²) in [6.07, 6.45) is 2.37. The zero-order chi connectivity index (χ0) is 19.2. The van der Waals surface area contributed by atoms with Crippen molar-refractivity contribution in [3.8, 4) is 0 Å². The first-order valence-electron chi connectivity index (χ1n) is 9.25. The topological polar surface area (TPSA) is 52.8 Å². The number of benzene rings is 1. The van der Waals surface area contributed by atoms with Crippen LogP contribution >= 0.6 is 24.0 Å². The van der Waals surface area contributed by atoms with E-state index in [1.165, 1.54) is 18.9 Å². The fourth-order valence-electron chi connectivity index (χ4n) is 3.37. The van der Waals surface area contributed by atoms with Gasteiger partial charge in [-0.3, -0.25) is 9.89 Å². The highest BCUT2D eigenvalue weighted by Gasteiger charge is 2.26. The summed E-state index contributed by atoms with van der Waals surface area (Å²) in [4.78, 5) is 6.58. The van der Waals surface area contributed by atoms with Crippen LogP contribution in [0.4, 0.5) is 8.78 Å². The Morgan fingerprint density at radius 1 is 1.18 bits per heavy atom. The van der Waals surface area contributed by atoms with Crippen molar-refractivity contribution in [1.29, 1.82) is 0 Å². The lowest BCUT2D eigenvalue weighted by atomic mass is 10.2. The lowest BCUT2D eigenvalue weighted by molar-refractivity contribution is 0.213. The molecule has 8 heteroatoms. The summed E-state index contributed by atoms with van der Waals surface area (Å²) in [6.45, 7) is 4.76. The number of guanidine groups is 1. The number of rotatable bonds is 6. The lowest BCUT2D eigenvalue weighted by Gasteiger charge is -2.26. The molecule has 0 spiro atoms. The Hall–Kier alpha value is -1.68. The van der Waals surface area contributed by atoms with Crippen LogP contribution in [0.15, 0.2) is 39.7 Å². The minimum Gasteiger partial charge on any atom is -0.465 e. The van der Waals surface area contributed by atoms with Gasteiger partial charge in [-0.1, -0.05) is 0 Å². The predicted octanol–water partition coefficient (Wildman–Crippen LogP) is 3.99. The molecule has 3 rings (SSSR count). The third-order valence-electron chi connectivity index (χ3n) is 4.81. The van der Waals surface area contributed by atoms with E-state index >= 15 is 0 Å². The van der Waals surface area contributed by atoms with Crippen LogP contribution in [0.25, 0.3) is 0 Å². The van der Waals surface area contributed by atoms with Gasteiger partial charge in [0.25, 0.3) is 0 Å². The maximum absolute atomic E-state index is 13.8. The number of halogens is 3. The van der Waals surface area contributed by atoms with Crippen LogP contribution in [-0.4, -0.2) is 37.5 Å². The summed E-state index contributed by atoms with van der Waals surface area (Å²) in [5, 5.41) is 6.32. The number of aryl methyl sites for hydroxylation is 1. The normalized spacial score (nSPS) is 15.9. The van der Waals surface area contributed by atoms with E-state index in [4.69, 9.17) is 4.42 Å². The molecular formula is C20H27F2IN4O.